The lowest BCUT2D eigenvalue weighted by molar-refractivity contribution is -0.416. The van der Waals surface area contributed by atoms with E-state index < -0.39 is 22.3 Å². The third-order valence-electron chi connectivity index (χ3n) is 0.969. The van der Waals surface area contributed by atoms with E-state index in [2.05, 4.69) is 15.3 Å². The summed E-state index contributed by atoms with van der Waals surface area (Å²) in [4.78, 5) is 9.29. The summed E-state index contributed by atoms with van der Waals surface area (Å²) in [6.45, 7) is 0. The van der Waals surface area contributed by atoms with Crippen LogP contribution in [0, 0.1) is 21.1 Å². The van der Waals surface area contributed by atoms with Crippen molar-refractivity contribution in [2.75, 3.05) is 0 Å². The molecule has 12 heavy (non-hydrogen) atoms. The van der Waals surface area contributed by atoms with Crippen LogP contribution in [0.5, 0.6) is 0 Å². The van der Waals surface area contributed by atoms with Crippen molar-refractivity contribution in [3.63, 3.8) is 0 Å². The highest BCUT2D eigenvalue weighted by atomic mass is 35.5. The van der Waals surface area contributed by atoms with Gasteiger partial charge in [-0.1, -0.05) is 0 Å². The third kappa shape index (κ3) is 1.48. The first-order chi connectivity index (χ1) is 5.16. The number of hydrogen-bond donors (Lipinski definition) is 2. The zero-order valence-electron chi connectivity index (χ0n) is 5.51. The first kappa shape index (κ1) is 10.3. The summed E-state index contributed by atoms with van der Waals surface area (Å²) in [5.74, 6) is -0.999. The topological polar surface area (TPSA) is 128 Å². The summed E-state index contributed by atoms with van der Waals surface area (Å²) in [5.41, 5.74) is 5.80. The molecule has 0 spiro atoms. The molecule has 0 aliphatic carbocycles. The number of halogens is 1. The van der Waals surface area contributed by atoms with E-state index >= 15 is 0 Å². The van der Waals surface area contributed by atoms with Gasteiger partial charge in [0.05, 0.1) is 4.92 Å². The van der Waals surface area contributed by atoms with Crippen LogP contribution in [0.2, 0.25) is 0 Å². The average Bonchev–Trinajstić information content (AvgIpc) is 2.30. The first-order valence-corrected chi connectivity index (χ1v) is 2.43. The van der Waals surface area contributed by atoms with Gasteiger partial charge in [0.25, 0.3) is 5.82 Å². The van der Waals surface area contributed by atoms with Gasteiger partial charge in [0, 0.05) is 0 Å². The van der Waals surface area contributed by atoms with Gasteiger partial charge in [-0.25, -0.2) is 5.53 Å². The van der Waals surface area contributed by atoms with Gasteiger partial charge in [0.2, 0.25) is 5.84 Å². The van der Waals surface area contributed by atoms with Gasteiger partial charge in [-0.15, -0.1) is 27.7 Å². The van der Waals surface area contributed by atoms with E-state index in [9.17, 15) is 10.1 Å². The molecule has 0 saturated carbocycles. The van der Waals surface area contributed by atoms with Crippen LogP contribution in [-0.2, 0) is 0 Å². The molecule has 0 aromatic heterocycles. The molecular weight excluding hydrogens is 188 g/mol. The normalized spacial score (nSPS) is 14.5. The van der Waals surface area contributed by atoms with Crippen molar-refractivity contribution < 1.29 is 4.92 Å². The third-order valence-corrected chi connectivity index (χ3v) is 0.969. The average molecular weight is 191 g/mol. The minimum Gasteiger partial charge on any atom is -0.275 e. The van der Waals surface area contributed by atoms with Crippen molar-refractivity contribution in [3.05, 3.63) is 21.6 Å². The summed E-state index contributed by atoms with van der Waals surface area (Å²) in [6, 6.07) is 0. The molecule has 0 atom stereocenters. The maximum absolute atomic E-state index is 10.1. The molecule has 1 heterocycles. The molecule has 0 radical (unpaired) electrons. The monoisotopic (exact) mass is 190 g/mol. The predicted molar refractivity (Wildman–Crippen MR) is 39.0 cm³/mol. The SMILES string of the molecule is Cl.N=NC1=C([N+](=O)[O-])C(=N)N=N1. The number of azo groups is 1. The van der Waals surface area contributed by atoms with E-state index in [0.717, 1.165) is 0 Å². The fraction of sp³-hybridized carbons (Fsp3) is 0. The summed E-state index contributed by atoms with van der Waals surface area (Å²) < 4.78 is 0. The van der Waals surface area contributed by atoms with E-state index in [-0.39, 0.29) is 12.4 Å². The van der Waals surface area contributed by atoms with Gasteiger partial charge >= 0.3 is 5.70 Å². The van der Waals surface area contributed by atoms with Gasteiger partial charge in [-0.3, -0.25) is 15.5 Å². The zero-order chi connectivity index (χ0) is 8.43. The Bertz CT molecular complexity index is 306. The Hall–Kier alpha value is -1.70. The van der Waals surface area contributed by atoms with Gasteiger partial charge < -0.3 is 0 Å². The molecule has 0 bridgehead atoms. The van der Waals surface area contributed by atoms with Crippen LogP contribution in [0.1, 0.15) is 0 Å². The Labute approximate surface area is 71.9 Å². The van der Waals surface area contributed by atoms with Crippen LogP contribution < -0.4 is 0 Å². The minimum atomic E-state index is -0.838. The number of rotatable bonds is 2. The Morgan fingerprint density at radius 3 is 2.42 bits per heavy atom. The standard InChI is InChI=1S/C3H2N6O2.ClH/c4-2-1(9(10)11)3(6-5)8-7-2;/h4-5H;1H. The van der Waals surface area contributed by atoms with Crippen molar-refractivity contribution >= 4 is 18.2 Å². The Kier molecular flexibility index (Phi) is 3.11. The van der Waals surface area contributed by atoms with E-state index in [4.69, 9.17) is 10.9 Å². The maximum atomic E-state index is 10.1. The first-order valence-electron chi connectivity index (χ1n) is 2.43. The molecule has 9 heteroatoms. The van der Waals surface area contributed by atoms with Crippen molar-refractivity contribution in [2.45, 2.75) is 0 Å². The van der Waals surface area contributed by atoms with Crippen molar-refractivity contribution in [1.82, 2.24) is 0 Å². The van der Waals surface area contributed by atoms with Crippen LogP contribution in [0.3, 0.4) is 0 Å². The molecule has 0 aromatic rings. The summed E-state index contributed by atoms with van der Waals surface area (Å²) >= 11 is 0. The lowest BCUT2D eigenvalue weighted by atomic mass is 10.4. The van der Waals surface area contributed by atoms with Crippen molar-refractivity contribution in [1.29, 1.82) is 10.9 Å². The number of nitro groups is 1. The molecule has 1 aliphatic rings. The number of hydrogen-bond acceptors (Lipinski definition) is 6. The van der Waals surface area contributed by atoms with Crippen LogP contribution >= 0.6 is 12.4 Å². The smallest absolute Gasteiger partial charge is 0.275 e. The highest BCUT2D eigenvalue weighted by molar-refractivity contribution is 5.96. The fourth-order valence-corrected chi connectivity index (χ4v) is 0.541. The molecule has 8 nitrogen and oxygen atoms in total. The van der Waals surface area contributed by atoms with E-state index in [0.29, 0.717) is 0 Å². The van der Waals surface area contributed by atoms with Crippen LogP contribution in [0.15, 0.2) is 26.9 Å². The van der Waals surface area contributed by atoms with E-state index in [1.165, 1.54) is 0 Å². The minimum absolute atomic E-state index is 0. The molecule has 0 amide bonds. The van der Waals surface area contributed by atoms with E-state index in [1.807, 2.05) is 0 Å². The Morgan fingerprint density at radius 1 is 1.50 bits per heavy atom. The fourth-order valence-electron chi connectivity index (χ4n) is 0.541. The molecular formula is C3H3ClN6O2. The number of amidine groups is 1. The lowest BCUT2D eigenvalue weighted by Gasteiger charge is -1.86. The van der Waals surface area contributed by atoms with Crippen LogP contribution in [-0.4, -0.2) is 10.8 Å². The Morgan fingerprint density at radius 2 is 2.08 bits per heavy atom. The second-order valence-electron chi connectivity index (χ2n) is 1.59. The zero-order valence-corrected chi connectivity index (χ0v) is 6.33. The molecule has 0 unspecified atom stereocenters. The molecule has 1 rings (SSSR count). The van der Waals surface area contributed by atoms with Crippen molar-refractivity contribution in [2.24, 2.45) is 15.3 Å². The molecule has 0 aromatic carbocycles. The molecule has 2 N–H and O–H groups in total. The second kappa shape index (κ2) is 3.62. The highest BCUT2D eigenvalue weighted by Gasteiger charge is 2.29. The number of nitrogens with one attached hydrogen (secondary N) is 2. The van der Waals surface area contributed by atoms with Crippen LogP contribution in [0.25, 0.3) is 0 Å². The molecule has 1 aliphatic heterocycles. The predicted octanol–water partition coefficient (Wildman–Crippen LogP) is 1.33. The summed E-state index contributed by atoms with van der Waals surface area (Å²) in [5, 5.41) is 25.9. The molecule has 0 fully saturated rings. The lowest BCUT2D eigenvalue weighted by Crippen LogP contribution is -2.06. The van der Waals surface area contributed by atoms with Gasteiger partial charge in [0.1, 0.15) is 0 Å². The summed E-state index contributed by atoms with van der Waals surface area (Å²) in [6.07, 6.45) is 0. The maximum Gasteiger partial charge on any atom is 0.362 e. The quantitative estimate of drug-likeness (QED) is 0.387. The van der Waals surface area contributed by atoms with Gasteiger partial charge in [-0.05, 0) is 0 Å². The van der Waals surface area contributed by atoms with Gasteiger partial charge in [0.15, 0.2) is 0 Å². The van der Waals surface area contributed by atoms with E-state index in [1.54, 1.807) is 0 Å². The molecule has 0 saturated heterocycles. The Balaban J connectivity index is 0.00000121. The largest absolute Gasteiger partial charge is 0.362 e. The molecule has 64 valence electrons. The second-order valence-corrected chi connectivity index (χ2v) is 1.59. The number of nitrogens with zero attached hydrogens (tertiary/aromatic N) is 4. The van der Waals surface area contributed by atoms with Crippen LogP contribution in [0.4, 0.5) is 0 Å². The highest BCUT2D eigenvalue weighted by Crippen LogP contribution is 2.17. The van der Waals surface area contributed by atoms with Crippen molar-refractivity contribution in [3.8, 4) is 0 Å². The van der Waals surface area contributed by atoms with Gasteiger partial charge in [-0.2, -0.15) is 0 Å². The summed E-state index contributed by atoms with van der Waals surface area (Å²) in [7, 11) is 0.